The second kappa shape index (κ2) is 31.9. The molecule has 282 valence electrons. The van der Waals surface area contributed by atoms with Crippen molar-refractivity contribution in [1.82, 2.24) is 0 Å². The highest BCUT2D eigenvalue weighted by Crippen LogP contribution is 2.43. The number of unbranched alkanes of at least 4 members (excludes halogenated alkanes) is 6. The van der Waals surface area contributed by atoms with Gasteiger partial charge in [-0.25, -0.2) is 4.57 Å². The number of esters is 2. The molecule has 0 radical (unpaired) electrons. The largest absolute Gasteiger partial charge is 0.472 e. The van der Waals surface area contributed by atoms with Gasteiger partial charge in [-0.05, 0) is 51.4 Å². The average Bonchev–Trinajstić information content (AvgIpc) is 3.06. The predicted molar refractivity (Wildman–Crippen MR) is 205 cm³/mol. The van der Waals surface area contributed by atoms with Crippen LogP contribution in [0, 0.1) is 0 Å². The Morgan fingerprint density at radius 3 is 1.56 bits per heavy atom. The van der Waals surface area contributed by atoms with Gasteiger partial charge in [0.2, 0.25) is 0 Å². The van der Waals surface area contributed by atoms with Crippen LogP contribution in [-0.2, 0) is 32.7 Å². The Kier molecular flexibility index (Phi) is 29.9. The molecule has 0 heterocycles. The first-order valence-corrected chi connectivity index (χ1v) is 19.6. The van der Waals surface area contributed by atoms with Crippen LogP contribution in [0.3, 0.4) is 0 Å². The van der Waals surface area contributed by atoms with E-state index in [0.717, 1.165) is 51.4 Å². The summed E-state index contributed by atoms with van der Waals surface area (Å²) in [5, 5.41) is 0. The van der Waals surface area contributed by atoms with Crippen LogP contribution in [0.15, 0.2) is 97.2 Å². The van der Waals surface area contributed by atoms with Crippen LogP contribution in [0.2, 0.25) is 0 Å². The van der Waals surface area contributed by atoms with Crippen molar-refractivity contribution in [2.24, 2.45) is 0 Å². The molecule has 0 rings (SSSR count). The molecule has 0 aromatic carbocycles. The summed E-state index contributed by atoms with van der Waals surface area (Å²) in [5.74, 6) is -0.907. The van der Waals surface area contributed by atoms with Gasteiger partial charge in [-0.2, -0.15) is 0 Å². The van der Waals surface area contributed by atoms with E-state index >= 15 is 0 Å². The van der Waals surface area contributed by atoms with E-state index in [4.69, 9.17) is 18.5 Å². The molecule has 50 heavy (non-hydrogen) atoms. The summed E-state index contributed by atoms with van der Waals surface area (Å²) in [5.41, 5.74) is 0. The highest BCUT2D eigenvalue weighted by Gasteiger charge is 2.27. The Labute approximate surface area is 303 Å². The molecule has 2 atom stereocenters. The van der Waals surface area contributed by atoms with Crippen molar-refractivity contribution in [2.45, 2.75) is 97.0 Å². The molecule has 0 aromatic heterocycles. The average molecular weight is 719 g/mol. The van der Waals surface area contributed by atoms with Crippen molar-refractivity contribution in [2.75, 3.05) is 47.5 Å². The Balaban J connectivity index is 4.65. The topological polar surface area (TPSA) is 108 Å². The highest BCUT2D eigenvalue weighted by molar-refractivity contribution is 7.47. The molecule has 0 aliphatic heterocycles. The van der Waals surface area contributed by atoms with E-state index in [1.807, 2.05) is 94.1 Å². The first-order valence-electron chi connectivity index (χ1n) is 18.1. The molecule has 2 unspecified atom stereocenters. The van der Waals surface area contributed by atoms with Crippen LogP contribution in [0.5, 0.6) is 0 Å². The number of hydrogen-bond acceptors (Lipinski definition) is 7. The molecule has 0 saturated heterocycles. The number of nitrogens with zero attached hydrogens (tertiary/aromatic N) is 1. The van der Waals surface area contributed by atoms with Crippen LogP contribution in [0.1, 0.15) is 90.9 Å². The third kappa shape index (κ3) is 34.8. The smallest absolute Gasteiger partial charge is 0.462 e. The summed E-state index contributed by atoms with van der Waals surface area (Å²) >= 11 is 0. The van der Waals surface area contributed by atoms with E-state index < -0.39 is 32.5 Å². The number of ether oxygens (including phenoxy) is 2. The monoisotopic (exact) mass is 718 g/mol. The second-order valence-corrected chi connectivity index (χ2v) is 14.1. The van der Waals surface area contributed by atoms with Crippen LogP contribution in [0.4, 0.5) is 0 Å². The normalized spacial score (nSPS) is 14.9. The third-order valence-electron chi connectivity index (χ3n) is 6.80. The molecule has 9 nitrogen and oxygen atoms in total. The number of hydrogen-bond donors (Lipinski definition) is 1. The maximum Gasteiger partial charge on any atom is 0.472 e. The molecule has 0 bridgehead atoms. The van der Waals surface area contributed by atoms with Crippen molar-refractivity contribution in [3.63, 3.8) is 0 Å². The van der Waals surface area contributed by atoms with Crippen LogP contribution < -0.4 is 0 Å². The van der Waals surface area contributed by atoms with Crippen molar-refractivity contribution >= 4 is 19.8 Å². The maximum atomic E-state index is 12.6. The fourth-order valence-electron chi connectivity index (χ4n) is 3.97. The lowest BCUT2D eigenvalue weighted by molar-refractivity contribution is -0.870. The molecule has 0 saturated carbocycles. The minimum atomic E-state index is -4.39. The summed E-state index contributed by atoms with van der Waals surface area (Å²) in [6.45, 7) is 3.98. The van der Waals surface area contributed by atoms with Crippen molar-refractivity contribution in [3.05, 3.63) is 97.2 Å². The molecule has 0 spiro atoms. The fraction of sp³-hybridized carbons (Fsp3) is 0.550. The minimum absolute atomic E-state index is 0.0106. The zero-order chi connectivity index (χ0) is 37.2. The van der Waals surface area contributed by atoms with Crippen LogP contribution in [-0.4, -0.2) is 74.9 Å². The Hall–Kier alpha value is -3.07. The molecule has 10 heteroatoms. The van der Waals surface area contributed by atoms with Crippen molar-refractivity contribution in [3.8, 4) is 0 Å². The first-order chi connectivity index (χ1) is 24.0. The van der Waals surface area contributed by atoms with Gasteiger partial charge in [0.25, 0.3) is 0 Å². The van der Waals surface area contributed by atoms with Crippen molar-refractivity contribution < 1.29 is 42.1 Å². The number of carbonyl (C=O) groups is 2. The van der Waals surface area contributed by atoms with Crippen LogP contribution >= 0.6 is 7.82 Å². The SMILES string of the molecule is CC/C=C/C=C/C=C/C=C/CCCCCC(=O)OCC(COP(=O)(O)OCC[N+](C)(C)C)OC(=O)CCCCC/C=C/C=C/C=C/C=C/CC. The summed E-state index contributed by atoms with van der Waals surface area (Å²) in [6.07, 6.45) is 40.4. The number of phosphoric acid groups is 1. The Morgan fingerprint density at radius 2 is 1.08 bits per heavy atom. The molecular weight excluding hydrogens is 653 g/mol. The third-order valence-corrected chi connectivity index (χ3v) is 7.78. The summed E-state index contributed by atoms with van der Waals surface area (Å²) in [7, 11) is 1.40. The van der Waals surface area contributed by atoms with Gasteiger partial charge in [0.15, 0.2) is 6.10 Å². The molecule has 0 aliphatic rings. The molecule has 0 fully saturated rings. The second-order valence-electron chi connectivity index (χ2n) is 12.7. The number of quaternary nitrogens is 1. The van der Waals surface area contributed by atoms with Crippen molar-refractivity contribution in [1.29, 1.82) is 0 Å². The van der Waals surface area contributed by atoms with Gasteiger partial charge in [-0.15, -0.1) is 0 Å². The summed E-state index contributed by atoms with van der Waals surface area (Å²) < 4.78 is 34.0. The lowest BCUT2D eigenvalue weighted by Crippen LogP contribution is -2.37. The molecule has 0 aromatic rings. The van der Waals surface area contributed by atoms with Gasteiger partial charge in [-0.1, -0.05) is 124 Å². The number of likely N-dealkylation sites (N-methyl/N-ethyl adjacent to an activating group) is 1. The number of phosphoric ester groups is 1. The molecule has 0 aliphatic carbocycles. The van der Waals surface area contributed by atoms with E-state index in [9.17, 15) is 19.0 Å². The van der Waals surface area contributed by atoms with Gasteiger partial charge < -0.3 is 18.9 Å². The van der Waals surface area contributed by atoms with E-state index in [2.05, 4.69) is 38.2 Å². The van der Waals surface area contributed by atoms with Gasteiger partial charge in [0.1, 0.15) is 19.8 Å². The quantitative estimate of drug-likeness (QED) is 0.0257. The Bertz CT molecular complexity index is 1170. The van der Waals surface area contributed by atoms with E-state index in [-0.39, 0.29) is 26.1 Å². The highest BCUT2D eigenvalue weighted by atomic mass is 31.2. The lowest BCUT2D eigenvalue weighted by Gasteiger charge is -2.24. The fourth-order valence-corrected chi connectivity index (χ4v) is 4.71. The lowest BCUT2D eigenvalue weighted by atomic mass is 10.1. The maximum absolute atomic E-state index is 12.6. The minimum Gasteiger partial charge on any atom is -0.462 e. The van der Waals surface area contributed by atoms with E-state index in [1.54, 1.807) is 0 Å². The summed E-state index contributed by atoms with van der Waals surface area (Å²) in [6, 6.07) is 0. The number of allylic oxidation sites excluding steroid dienone is 16. The van der Waals surface area contributed by atoms with Gasteiger partial charge in [-0.3, -0.25) is 18.6 Å². The summed E-state index contributed by atoms with van der Waals surface area (Å²) in [4.78, 5) is 35.1. The zero-order valence-corrected chi connectivity index (χ0v) is 32.2. The first kappa shape index (κ1) is 46.9. The standard InChI is InChI=1S/C40H64NO8P/c1-6-8-10-12-14-16-18-20-22-24-26-28-30-32-39(42)46-36-38(37-48-50(44,45)47-35-34-41(3,4)5)49-40(43)33-31-29-27-25-23-21-19-17-15-13-11-9-7-2/h8-23,38H,6-7,24-37H2,1-5H3/p+1/b10-8+,11-9+,14-12+,15-13+,18-16+,19-17+,22-20+,23-21+. The van der Waals surface area contributed by atoms with Gasteiger partial charge in [0, 0.05) is 12.8 Å². The number of carbonyl (C=O) groups excluding carboxylic acids is 2. The Morgan fingerprint density at radius 1 is 0.620 bits per heavy atom. The van der Waals surface area contributed by atoms with Crippen LogP contribution in [0.25, 0.3) is 0 Å². The van der Waals surface area contributed by atoms with E-state index in [0.29, 0.717) is 23.9 Å². The molecular formula is C40H65NO8P+. The zero-order valence-electron chi connectivity index (χ0n) is 31.3. The predicted octanol–water partition coefficient (Wildman–Crippen LogP) is 9.45. The van der Waals surface area contributed by atoms with E-state index in [1.165, 1.54) is 0 Å². The number of rotatable bonds is 30. The van der Waals surface area contributed by atoms with Gasteiger partial charge >= 0.3 is 19.8 Å². The molecule has 1 N–H and O–H groups in total. The van der Waals surface area contributed by atoms with Gasteiger partial charge in [0.05, 0.1) is 27.7 Å². The molecule has 0 amide bonds.